The van der Waals surface area contributed by atoms with Gasteiger partial charge < -0.3 is 5.73 Å². The van der Waals surface area contributed by atoms with E-state index in [1.165, 1.54) is 20.3 Å². The van der Waals surface area contributed by atoms with Crippen LogP contribution in [-0.4, -0.2) is 0 Å². The highest BCUT2D eigenvalue weighted by Gasteiger charge is 2.11. The summed E-state index contributed by atoms with van der Waals surface area (Å²) in [7, 11) is 0. The standard InChI is InChI=1S/C15H15BrIN/c1-10-13(3-2-4-14(10)16)15(18)9-11-5-7-12(17)8-6-11/h2-8,15H,9,18H2,1H3. The SMILES string of the molecule is Cc1c(Br)cccc1C(N)Cc1ccc(I)cc1. The van der Waals surface area contributed by atoms with E-state index in [4.69, 9.17) is 5.73 Å². The summed E-state index contributed by atoms with van der Waals surface area (Å²) >= 11 is 5.87. The van der Waals surface area contributed by atoms with Crippen LogP contribution in [0, 0.1) is 10.5 Å². The Morgan fingerprint density at radius 1 is 1.17 bits per heavy atom. The first-order chi connectivity index (χ1) is 8.58. The van der Waals surface area contributed by atoms with Crippen LogP contribution in [0.1, 0.15) is 22.7 Å². The third kappa shape index (κ3) is 3.33. The van der Waals surface area contributed by atoms with Gasteiger partial charge in [0, 0.05) is 14.1 Å². The summed E-state index contributed by atoms with van der Waals surface area (Å²) in [5.74, 6) is 0. The molecule has 0 aliphatic heterocycles. The van der Waals surface area contributed by atoms with E-state index in [0.29, 0.717) is 0 Å². The fourth-order valence-corrected chi connectivity index (χ4v) is 2.75. The van der Waals surface area contributed by atoms with Crippen LogP contribution in [0.15, 0.2) is 46.9 Å². The Morgan fingerprint density at radius 3 is 2.50 bits per heavy atom. The lowest BCUT2D eigenvalue weighted by molar-refractivity contribution is 0.716. The Hall–Kier alpha value is -0.390. The Balaban J connectivity index is 2.19. The van der Waals surface area contributed by atoms with Gasteiger partial charge >= 0.3 is 0 Å². The van der Waals surface area contributed by atoms with Crippen LogP contribution in [-0.2, 0) is 6.42 Å². The minimum Gasteiger partial charge on any atom is -0.324 e. The van der Waals surface area contributed by atoms with E-state index >= 15 is 0 Å². The molecule has 18 heavy (non-hydrogen) atoms. The molecule has 0 saturated heterocycles. The molecule has 3 heteroatoms. The number of rotatable bonds is 3. The molecule has 0 fully saturated rings. The molecule has 2 N–H and O–H groups in total. The van der Waals surface area contributed by atoms with E-state index in [1.54, 1.807) is 0 Å². The number of benzene rings is 2. The summed E-state index contributed by atoms with van der Waals surface area (Å²) in [6.45, 7) is 2.10. The van der Waals surface area contributed by atoms with Gasteiger partial charge in [-0.15, -0.1) is 0 Å². The summed E-state index contributed by atoms with van der Waals surface area (Å²) in [6.07, 6.45) is 0.869. The molecule has 0 aliphatic rings. The molecule has 1 unspecified atom stereocenters. The largest absolute Gasteiger partial charge is 0.324 e. The van der Waals surface area contributed by atoms with E-state index < -0.39 is 0 Å². The second-order valence-corrected chi connectivity index (χ2v) is 6.49. The zero-order chi connectivity index (χ0) is 13.1. The van der Waals surface area contributed by atoms with Gasteiger partial charge in [0.25, 0.3) is 0 Å². The van der Waals surface area contributed by atoms with E-state index in [0.717, 1.165) is 10.9 Å². The molecular formula is C15H15BrIN. The molecule has 0 heterocycles. The van der Waals surface area contributed by atoms with Gasteiger partial charge in [-0.1, -0.05) is 40.2 Å². The normalized spacial score (nSPS) is 12.4. The Bertz CT molecular complexity index is 537. The third-order valence-electron chi connectivity index (χ3n) is 3.08. The van der Waals surface area contributed by atoms with Crippen molar-refractivity contribution >= 4 is 38.5 Å². The second kappa shape index (κ2) is 6.17. The van der Waals surface area contributed by atoms with Crippen LogP contribution in [0.4, 0.5) is 0 Å². The van der Waals surface area contributed by atoms with E-state index in [2.05, 4.69) is 81.8 Å². The number of hydrogen-bond donors (Lipinski definition) is 1. The van der Waals surface area contributed by atoms with Crippen LogP contribution < -0.4 is 5.73 Å². The molecule has 0 amide bonds. The lowest BCUT2D eigenvalue weighted by atomic mass is 9.96. The van der Waals surface area contributed by atoms with Crippen molar-refractivity contribution in [2.75, 3.05) is 0 Å². The molecule has 0 radical (unpaired) electrons. The van der Waals surface area contributed by atoms with Crippen molar-refractivity contribution < 1.29 is 0 Å². The third-order valence-corrected chi connectivity index (χ3v) is 4.66. The van der Waals surface area contributed by atoms with Gasteiger partial charge in [-0.05, 0) is 70.8 Å². The van der Waals surface area contributed by atoms with Crippen molar-refractivity contribution in [2.45, 2.75) is 19.4 Å². The molecule has 1 atom stereocenters. The number of hydrogen-bond acceptors (Lipinski definition) is 1. The van der Waals surface area contributed by atoms with Crippen molar-refractivity contribution in [3.63, 3.8) is 0 Å². The Labute approximate surface area is 130 Å². The highest BCUT2D eigenvalue weighted by Crippen LogP contribution is 2.25. The Morgan fingerprint density at radius 2 is 1.83 bits per heavy atom. The molecule has 2 rings (SSSR count). The quantitative estimate of drug-likeness (QED) is 0.728. The summed E-state index contributed by atoms with van der Waals surface area (Å²) in [4.78, 5) is 0. The first kappa shape index (κ1) is 14.0. The summed E-state index contributed by atoms with van der Waals surface area (Å²) < 4.78 is 2.38. The zero-order valence-corrected chi connectivity index (χ0v) is 13.9. The minimum atomic E-state index is 0.0440. The maximum Gasteiger partial charge on any atom is 0.0338 e. The molecule has 1 nitrogen and oxygen atoms in total. The van der Waals surface area contributed by atoms with Crippen molar-refractivity contribution in [3.8, 4) is 0 Å². The fraction of sp³-hybridized carbons (Fsp3) is 0.200. The average Bonchev–Trinajstić information content (AvgIpc) is 2.35. The lowest BCUT2D eigenvalue weighted by Gasteiger charge is -2.16. The molecule has 0 aromatic heterocycles. The second-order valence-electron chi connectivity index (χ2n) is 4.39. The molecule has 0 spiro atoms. The van der Waals surface area contributed by atoms with Crippen LogP contribution >= 0.6 is 38.5 Å². The zero-order valence-electron chi connectivity index (χ0n) is 10.2. The first-order valence-electron chi connectivity index (χ1n) is 5.83. The summed E-state index contributed by atoms with van der Waals surface area (Å²) in [6, 6.07) is 14.8. The molecule has 2 aromatic rings. The van der Waals surface area contributed by atoms with Crippen molar-refractivity contribution in [1.82, 2.24) is 0 Å². The van der Waals surface area contributed by atoms with E-state index in [9.17, 15) is 0 Å². The smallest absolute Gasteiger partial charge is 0.0338 e. The Kier molecular flexibility index (Phi) is 4.81. The average molecular weight is 416 g/mol. The van der Waals surface area contributed by atoms with Crippen LogP contribution in [0.2, 0.25) is 0 Å². The fourth-order valence-electron chi connectivity index (χ4n) is 2.01. The van der Waals surface area contributed by atoms with Gasteiger partial charge in [-0.25, -0.2) is 0 Å². The predicted molar refractivity (Wildman–Crippen MR) is 88.7 cm³/mol. The number of nitrogens with two attached hydrogens (primary N) is 1. The highest BCUT2D eigenvalue weighted by atomic mass is 127. The maximum absolute atomic E-state index is 6.31. The highest BCUT2D eigenvalue weighted by molar-refractivity contribution is 14.1. The van der Waals surface area contributed by atoms with Gasteiger partial charge in [0.1, 0.15) is 0 Å². The topological polar surface area (TPSA) is 26.0 Å². The van der Waals surface area contributed by atoms with Crippen LogP contribution in [0.25, 0.3) is 0 Å². The van der Waals surface area contributed by atoms with E-state index in [1.807, 2.05) is 6.07 Å². The molecule has 94 valence electrons. The van der Waals surface area contributed by atoms with Crippen LogP contribution in [0.3, 0.4) is 0 Å². The lowest BCUT2D eigenvalue weighted by Crippen LogP contribution is -2.14. The molecule has 0 bridgehead atoms. The van der Waals surface area contributed by atoms with E-state index in [-0.39, 0.29) is 6.04 Å². The molecular weight excluding hydrogens is 401 g/mol. The van der Waals surface area contributed by atoms with Crippen molar-refractivity contribution in [2.24, 2.45) is 5.73 Å². The molecule has 0 saturated carbocycles. The minimum absolute atomic E-state index is 0.0440. The maximum atomic E-state index is 6.31. The predicted octanol–water partition coefficient (Wildman–Crippen LogP) is 4.60. The van der Waals surface area contributed by atoms with Gasteiger partial charge in [-0.2, -0.15) is 0 Å². The molecule has 2 aromatic carbocycles. The van der Waals surface area contributed by atoms with Crippen molar-refractivity contribution in [3.05, 3.63) is 67.2 Å². The summed E-state index contributed by atoms with van der Waals surface area (Å²) in [5.41, 5.74) is 10.0. The summed E-state index contributed by atoms with van der Waals surface area (Å²) in [5, 5.41) is 0. The molecule has 0 aliphatic carbocycles. The monoisotopic (exact) mass is 415 g/mol. The van der Waals surface area contributed by atoms with Crippen LogP contribution in [0.5, 0.6) is 0 Å². The van der Waals surface area contributed by atoms with Gasteiger partial charge in [0.15, 0.2) is 0 Å². The van der Waals surface area contributed by atoms with Crippen molar-refractivity contribution in [1.29, 1.82) is 0 Å². The van der Waals surface area contributed by atoms with Gasteiger partial charge in [-0.3, -0.25) is 0 Å². The van der Waals surface area contributed by atoms with Gasteiger partial charge in [0.2, 0.25) is 0 Å². The van der Waals surface area contributed by atoms with Gasteiger partial charge in [0.05, 0.1) is 0 Å². The number of halogens is 2. The first-order valence-corrected chi connectivity index (χ1v) is 7.70.